The summed E-state index contributed by atoms with van der Waals surface area (Å²) in [7, 11) is -10.5. The van der Waals surface area contributed by atoms with Gasteiger partial charge in [-0.1, -0.05) is 30.7 Å². The fourth-order valence-electron chi connectivity index (χ4n) is 6.83. The van der Waals surface area contributed by atoms with E-state index in [2.05, 4.69) is 14.2 Å². The number of ketones is 1. The van der Waals surface area contributed by atoms with Crippen molar-refractivity contribution >= 4 is 64.3 Å². The van der Waals surface area contributed by atoms with Crippen molar-refractivity contribution in [3.05, 3.63) is 151 Å². The SMILES string of the molecule is CS(=O)(=O)Nc1cc2c(cc1Cc1ccc(F)cc1F)C(=O)CC2.CS(=O)(=O)Nc1ccc([N+](=O)[O-])cc1OC1CCCCC1.CS(=O)(=O)Nc1ccc([N+](=O)[O-])cc1Oc1ccccc1. The van der Waals surface area contributed by atoms with Gasteiger partial charge in [-0.25, -0.2) is 34.0 Å². The van der Waals surface area contributed by atoms with Crippen LogP contribution in [0.15, 0.2) is 97.1 Å². The average molecular weight is 974 g/mol. The third-order valence-corrected chi connectivity index (χ3v) is 11.5. The molecule has 0 atom stereocenters. The minimum atomic E-state index is -3.53. The number of carbonyl (C=O) groups is 1. The number of fused-ring (bicyclic) bond motifs is 1. The number of non-ortho nitro benzene ring substituents is 2. The smallest absolute Gasteiger partial charge is 0.273 e. The fourth-order valence-corrected chi connectivity index (χ4v) is 8.55. The number of carbonyl (C=O) groups excluding carboxylic acids is 1. The lowest BCUT2D eigenvalue weighted by Gasteiger charge is -2.24. The number of nitrogens with zero attached hydrogens (tertiary/aromatic N) is 2. The van der Waals surface area contributed by atoms with Gasteiger partial charge in [-0.15, -0.1) is 0 Å². The highest BCUT2D eigenvalue weighted by Crippen LogP contribution is 2.35. The number of Topliss-reactive ketones (excluding diaryl/α,β-unsaturated/α-hetero) is 1. The van der Waals surface area contributed by atoms with Crippen LogP contribution in [0.25, 0.3) is 0 Å². The second-order valence-corrected chi connectivity index (χ2v) is 20.5. The Morgan fingerprint density at radius 3 is 1.73 bits per heavy atom. The topological polar surface area (TPSA) is 260 Å². The van der Waals surface area contributed by atoms with Crippen molar-refractivity contribution < 1.29 is 58.1 Å². The zero-order chi connectivity index (χ0) is 48.4. The number of hydrogen-bond donors (Lipinski definition) is 3. The fraction of sp³-hybridized carbons (Fsp3) is 0.279. The van der Waals surface area contributed by atoms with Crippen molar-refractivity contribution in [2.75, 3.05) is 32.9 Å². The van der Waals surface area contributed by atoms with Crippen molar-refractivity contribution in [3.8, 4) is 17.2 Å². The molecule has 2 aliphatic rings. The Balaban J connectivity index is 0.000000186. The number of para-hydroxylation sites is 1. The second kappa shape index (κ2) is 21.5. The van der Waals surface area contributed by atoms with Crippen molar-refractivity contribution in [2.24, 2.45) is 0 Å². The number of benzene rings is 5. The summed E-state index contributed by atoms with van der Waals surface area (Å²) < 4.78 is 114. The Morgan fingerprint density at radius 1 is 0.636 bits per heavy atom. The first-order chi connectivity index (χ1) is 30.9. The summed E-state index contributed by atoms with van der Waals surface area (Å²) in [5.41, 5.74) is 2.36. The molecule has 0 saturated heterocycles. The molecule has 0 radical (unpaired) electrons. The number of aryl methyl sites for hydroxylation is 1. The third-order valence-electron chi connectivity index (χ3n) is 9.70. The van der Waals surface area contributed by atoms with E-state index >= 15 is 0 Å². The van der Waals surface area contributed by atoms with Crippen molar-refractivity contribution in [2.45, 2.75) is 57.5 Å². The molecule has 0 heterocycles. The van der Waals surface area contributed by atoms with Crippen molar-refractivity contribution in [3.63, 3.8) is 0 Å². The normalized spacial score (nSPS) is 13.7. The molecule has 18 nitrogen and oxygen atoms in total. The molecule has 352 valence electrons. The van der Waals surface area contributed by atoms with Gasteiger partial charge in [0.1, 0.15) is 17.4 Å². The zero-order valence-corrected chi connectivity index (χ0v) is 38.1. The first-order valence-corrected chi connectivity index (χ1v) is 25.6. The van der Waals surface area contributed by atoms with Crippen LogP contribution >= 0.6 is 0 Å². The summed E-state index contributed by atoms with van der Waals surface area (Å²) in [5, 5.41) is 21.7. The van der Waals surface area contributed by atoms with Crippen LogP contribution in [0.1, 0.15) is 65.6 Å². The maximum Gasteiger partial charge on any atom is 0.273 e. The molecule has 66 heavy (non-hydrogen) atoms. The molecule has 2 aliphatic carbocycles. The predicted molar refractivity (Wildman–Crippen MR) is 244 cm³/mol. The number of hydrogen-bond acceptors (Lipinski definition) is 13. The number of nitro benzene ring substituents is 2. The monoisotopic (exact) mass is 973 g/mol. The molecule has 23 heteroatoms. The van der Waals surface area contributed by atoms with E-state index in [1.54, 1.807) is 42.5 Å². The quantitative estimate of drug-likeness (QED) is 0.0697. The van der Waals surface area contributed by atoms with E-state index in [0.717, 1.165) is 68.6 Å². The Labute approximate surface area is 379 Å². The van der Waals surface area contributed by atoms with Gasteiger partial charge in [0.2, 0.25) is 30.1 Å². The minimum absolute atomic E-state index is 0.0169. The van der Waals surface area contributed by atoms with Gasteiger partial charge in [0, 0.05) is 36.6 Å². The number of anilines is 3. The van der Waals surface area contributed by atoms with Crippen LogP contribution in [-0.4, -0.2) is 65.8 Å². The molecule has 0 spiro atoms. The molecular weight excluding hydrogens is 929 g/mol. The number of ether oxygens (including phenoxy) is 2. The Bertz CT molecular complexity index is 2950. The molecule has 5 aromatic rings. The van der Waals surface area contributed by atoms with Crippen LogP contribution in [0.2, 0.25) is 0 Å². The summed E-state index contributed by atoms with van der Waals surface area (Å²) in [6.07, 6.45) is 8.99. The second-order valence-electron chi connectivity index (χ2n) is 15.3. The summed E-state index contributed by atoms with van der Waals surface area (Å²) in [4.78, 5) is 32.5. The first-order valence-electron chi connectivity index (χ1n) is 20.0. The van der Waals surface area contributed by atoms with E-state index in [0.29, 0.717) is 35.4 Å². The third kappa shape index (κ3) is 15.5. The van der Waals surface area contributed by atoms with Gasteiger partial charge >= 0.3 is 0 Å². The molecule has 1 saturated carbocycles. The lowest BCUT2D eigenvalue weighted by molar-refractivity contribution is -0.385. The predicted octanol–water partition coefficient (Wildman–Crippen LogP) is 8.49. The first kappa shape index (κ1) is 50.3. The number of sulfonamides is 3. The minimum Gasteiger partial charge on any atom is -0.488 e. The van der Waals surface area contributed by atoms with Crippen molar-refractivity contribution in [1.82, 2.24) is 0 Å². The zero-order valence-electron chi connectivity index (χ0n) is 35.7. The van der Waals surface area contributed by atoms with E-state index < -0.39 is 51.6 Å². The lowest BCUT2D eigenvalue weighted by Crippen LogP contribution is -2.21. The number of halogens is 2. The summed E-state index contributed by atoms with van der Waals surface area (Å²) in [5.74, 6) is -0.712. The molecule has 7 rings (SSSR count). The summed E-state index contributed by atoms with van der Waals surface area (Å²) in [6.45, 7) is 0. The van der Waals surface area contributed by atoms with Crippen LogP contribution in [0.3, 0.4) is 0 Å². The van der Waals surface area contributed by atoms with Gasteiger partial charge in [-0.05, 0) is 91.3 Å². The highest BCUT2D eigenvalue weighted by atomic mass is 32.2. The standard InChI is InChI=1S/C17H15F2NO3S.C13H18N2O5S.C13H12N2O5S/c1-24(22,23)20-16-8-10-3-5-17(21)14(10)7-12(16)6-11-2-4-13(18)9-15(11)19;2*1-21(18,19)14-12-8-7-10(15(16)17)9-13(12)20-11-5-3-2-4-6-11/h2,4,7-9,20H,3,5-6H2,1H3;7-9,11,14H,2-6H2,1H3;2-9,14H,1H3. The number of nitro groups is 2. The van der Waals surface area contributed by atoms with Gasteiger partial charge in [-0.2, -0.15) is 0 Å². The number of rotatable bonds is 14. The average Bonchev–Trinajstić information content (AvgIpc) is 3.58. The van der Waals surface area contributed by atoms with E-state index in [9.17, 15) is 59.1 Å². The van der Waals surface area contributed by atoms with E-state index in [1.165, 1.54) is 42.5 Å². The Kier molecular flexibility index (Phi) is 16.4. The largest absolute Gasteiger partial charge is 0.488 e. The van der Waals surface area contributed by atoms with Gasteiger partial charge in [0.25, 0.3) is 11.4 Å². The lowest BCUT2D eigenvalue weighted by atomic mass is 9.98. The molecule has 0 unspecified atom stereocenters. The van der Waals surface area contributed by atoms with Gasteiger partial charge in [-0.3, -0.25) is 39.2 Å². The van der Waals surface area contributed by atoms with Crippen LogP contribution < -0.4 is 23.6 Å². The van der Waals surface area contributed by atoms with Crippen LogP contribution in [-0.2, 0) is 42.9 Å². The van der Waals surface area contributed by atoms with Crippen LogP contribution in [0.5, 0.6) is 17.2 Å². The number of nitrogens with one attached hydrogen (secondary N) is 3. The Hall–Kier alpha value is -6.72. The highest BCUT2D eigenvalue weighted by Gasteiger charge is 2.24. The highest BCUT2D eigenvalue weighted by molar-refractivity contribution is 7.92. The van der Waals surface area contributed by atoms with Gasteiger partial charge in [0.15, 0.2) is 17.3 Å². The molecule has 0 aliphatic heterocycles. The molecule has 1 fully saturated rings. The van der Waals surface area contributed by atoms with E-state index in [4.69, 9.17) is 9.47 Å². The molecule has 3 N–H and O–H groups in total. The molecule has 5 aromatic carbocycles. The summed E-state index contributed by atoms with van der Waals surface area (Å²) >= 11 is 0. The van der Waals surface area contributed by atoms with E-state index in [1.807, 2.05) is 0 Å². The van der Waals surface area contributed by atoms with Gasteiger partial charge in [0.05, 0.1) is 63.9 Å². The maximum atomic E-state index is 13.9. The molecule has 0 bridgehead atoms. The maximum absolute atomic E-state index is 13.9. The molecular formula is C43H45F2N5O13S3. The molecule has 0 amide bonds. The summed E-state index contributed by atoms with van der Waals surface area (Å²) in [6, 6.07) is 22.5. The van der Waals surface area contributed by atoms with Gasteiger partial charge < -0.3 is 9.47 Å². The Morgan fingerprint density at radius 2 is 1.18 bits per heavy atom. The van der Waals surface area contributed by atoms with Crippen molar-refractivity contribution in [1.29, 1.82) is 0 Å². The van der Waals surface area contributed by atoms with Crippen LogP contribution in [0.4, 0.5) is 37.2 Å². The van der Waals surface area contributed by atoms with Crippen LogP contribution in [0, 0.1) is 31.9 Å². The molecule has 0 aromatic heterocycles. The van der Waals surface area contributed by atoms with E-state index in [-0.39, 0.29) is 58.1 Å².